The third-order valence-electron chi connectivity index (χ3n) is 5.35. The number of carbonyl (C=O) groups excluding carboxylic acids is 1. The van der Waals surface area contributed by atoms with E-state index < -0.39 is 0 Å². The Labute approximate surface area is 175 Å². The number of nitrogens with one attached hydrogen (secondary N) is 4. The van der Waals surface area contributed by atoms with Crippen LogP contribution in [-0.4, -0.2) is 70.7 Å². The molecule has 3 atom stereocenters. The van der Waals surface area contributed by atoms with Crippen LogP contribution in [0, 0.1) is 5.92 Å². The summed E-state index contributed by atoms with van der Waals surface area (Å²) in [6.07, 6.45) is 5.53. The minimum Gasteiger partial charge on any atom is -0.483 e. The summed E-state index contributed by atoms with van der Waals surface area (Å²) >= 11 is 0. The Bertz CT molecular complexity index is 687. The van der Waals surface area contributed by atoms with E-state index in [1.165, 1.54) is 0 Å². The van der Waals surface area contributed by atoms with Crippen LogP contribution in [0.25, 0.3) is 0 Å². The van der Waals surface area contributed by atoms with Crippen molar-refractivity contribution in [1.29, 1.82) is 0 Å². The highest BCUT2D eigenvalue weighted by Gasteiger charge is 2.35. The van der Waals surface area contributed by atoms with Gasteiger partial charge in [0.25, 0.3) is 6.47 Å². The van der Waals surface area contributed by atoms with Crippen LogP contribution in [0.1, 0.15) is 51.3 Å². The fourth-order valence-corrected chi connectivity index (χ4v) is 3.88. The van der Waals surface area contributed by atoms with Gasteiger partial charge in [0, 0.05) is 37.8 Å². The predicted octanol–water partition coefficient (Wildman–Crippen LogP) is 0.148. The molecule has 0 aromatic carbocycles. The quantitative estimate of drug-likeness (QED) is 0.367. The van der Waals surface area contributed by atoms with Crippen LogP contribution in [-0.2, 0) is 25.6 Å². The number of carboxylic acid groups (broad SMARTS) is 1. The van der Waals surface area contributed by atoms with Crippen LogP contribution in [0.4, 0.5) is 0 Å². The van der Waals surface area contributed by atoms with Crippen molar-refractivity contribution in [3.8, 4) is 0 Å². The van der Waals surface area contributed by atoms with Crippen molar-refractivity contribution in [3.05, 3.63) is 16.3 Å². The second kappa shape index (κ2) is 13.1. The molecule has 11 nitrogen and oxygen atoms in total. The molecule has 2 heterocycles. The van der Waals surface area contributed by atoms with Gasteiger partial charge in [-0.25, -0.2) is 9.89 Å². The first kappa shape index (κ1) is 24.0. The first-order chi connectivity index (χ1) is 14.6. The van der Waals surface area contributed by atoms with Crippen LogP contribution in [0.3, 0.4) is 0 Å². The van der Waals surface area contributed by atoms with Crippen molar-refractivity contribution < 1.29 is 24.2 Å². The summed E-state index contributed by atoms with van der Waals surface area (Å²) in [6, 6.07) is 0.754. The Kier molecular flexibility index (Phi) is 10.5. The molecule has 1 aliphatic carbocycles. The Hall–Kier alpha value is -2.24. The Morgan fingerprint density at radius 1 is 1.33 bits per heavy atom. The van der Waals surface area contributed by atoms with Gasteiger partial charge in [-0.05, 0) is 38.5 Å². The fourth-order valence-electron chi connectivity index (χ4n) is 3.88. The molecule has 1 aromatic heterocycles. The molecule has 0 unspecified atom stereocenters. The summed E-state index contributed by atoms with van der Waals surface area (Å²) in [5.41, 5.74) is -0.369. The van der Waals surface area contributed by atoms with Crippen molar-refractivity contribution in [2.45, 2.75) is 70.2 Å². The van der Waals surface area contributed by atoms with E-state index in [9.17, 15) is 9.59 Å². The molecule has 2 fully saturated rings. The van der Waals surface area contributed by atoms with E-state index in [-0.39, 0.29) is 42.7 Å². The van der Waals surface area contributed by atoms with E-state index in [1.54, 1.807) is 0 Å². The topological polar surface area (TPSA) is 158 Å². The lowest BCUT2D eigenvalue weighted by Gasteiger charge is -2.38. The molecule has 0 bridgehead atoms. The maximum Gasteiger partial charge on any atom is 0.340 e. The molecule has 1 aliphatic heterocycles. The molecule has 30 heavy (non-hydrogen) atoms. The molecule has 1 saturated heterocycles. The zero-order chi connectivity index (χ0) is 21.8. The number of aromatic amines is 2. The monoisotopic (exact) mass is 427 g/mol. The Morgan fingerprint density at radius 2 is 2.07 bits per heavy atom. The largest absolute Gasteiger partial charge is 0.483 e. The highest BCUT2D eigenvalue weighted by atomic mass is 16.5. The Morgan fingerprint density at radius 3 is 2.70 bits per heavy atom. The number of hydrogen-bond donors (Lipinski definition) is 5. The maximum atomic E-state index is 12.6. The zero-order valence-corrected chi connectivity index (χ0v) is 17.4. The van der Waals surface area contributed by atoms with Crippen molar-refractivity contribution in [3.63, 3.8) is 0 Å². The SMILES string of the molecule is CCCO[C@@H]1C[C@@H](C(=O)NCc2n[nH]c(=O)[nH]2)CC[C@H]1NC1CCOCC1.O=CO. The van der Waals surface area contributed by atoms with Gasteiger partial charge < -0.3 is 25.2 Å². The molecule has 5 N–H and O–H groups in total. The molecule has 3 rings (SSSR count). The molecular formula is C19H33N5O6. The van der Waals surface area contributed by atoms with E-state index in [4.69, 9.17) is 19.4 Å². The number of rotatable bonds is 8. The van der Waals surface area contributed by atoms with Crippen LogP contribution in [0.5, 0.6) is 0 Å². The van der Waals surface area contributed by atoms with Gasteiger partial charge in [-0.3, -0.25) is 14.6 Å². The number of aromatic nitrogens is 3. The van der Waals surface area contributed by atoms with Crippen molar-refractivity contribution >= 4 is 12.4 Å². The third kappa shape index (κ3) is 7.88. The van der Waals surface area contributed by atoms with Crippen LogP contribution < -0.4 is 16.3 Å². The van der Waals surface area contributed by atoms with E-state index in [2.05, 4.69) is 32.7 Å². The van der Waals surface area contributed by atoms with Gasteiger partial charge in [-0.2, -0.15) is 5.10 Å². The summed E-state index contributed by atoms with van der Waals surface area (Å²) in [6.45, 7) is 4.40. The zero-order valence-electron chi connectivity index (χ0n) is 17.4. The molecule has 2 aliphatic rings. The summed E-state index contributed by atoms with van der Waals surface area (Å²) in [7, 11) is 0. The van der Waals surface area contributed by atoms with Crippen LogP contribution in [0.2, 0.25) is 0 Å². The lowest BCUT2D eigenvalue weighted by Crippen LogP contribution is -2.52. The number of ether oxygens (including phenoxy) is 2. The van der Waals surface area contributed by atoms with Gasteiger partial charge in [0.05, 0.1) is 12.6 Å². The highest BCUT2D eigenvalue weighted by Crippen LogP contribution is 2.28. The van der Waals surface area contributed by atoms with E-state index in [0.717, 1.165) is 45.3 Å². The fraction of sp³-hybridized carbons (Fsp3) is 0.789. The van der Waals surface area contributed by atoms with Gasteiger partial charge in [0.1, 0.15) is 5.82 Å². The van der Waals surface area contributed by atoms with Crippen LogP contribution in [0.15, 0.2) is 4.79 Å². The normalized spacial score (nSPS) is 24.5. The number of amides is 1. The number of hydrogen-bond acceptors (Lipinski definition) is 7. The average molecular weight is 428 g/mol. The minimum atomic E-state index is -0.369. The molecule has 11 heteroatoms. The summed E-state index contributed by atoms with van der Waals surface area (Å²) < 4.78 is 11.5. The number of nitrogens with zero attached hydrogens (tertiary/aromatic N) is 1. The van der Waals surface area contributed by atoms with Crippen molar-refractivity contribution in [2.75, 3.05) is 19.8 Å². The minimum absolute atomic E-state index is 0.00605. The summed E-state index contributed by atoms with van der Waals surface area (Å²) in [4.78, 5) is 34.5. The van der Waals surface area contributed by atoms with Gasteiger partial charge in [0.2, 0.25) is 5.91 Å². The number of H-pyrrole nitrogens is 2. The molecule has 1 aromatic rings. The van der Waals surface area contributed by atoms with Gasteiger partial charge in [-0.15, -0.1) is 0 Å². The lowest BCUT2D eigenvalue weighted by molar-refractivity contribution is -0.129. The molecule has 0 spiro atoms. The third-order valence-corrected chi connectivity index (χ3v) is 5.35. The molecule has 0 radical (unpaired) electrons. The second-order valence-corrected chi connectivity index (χ2v) is 7.53. The van der Waals surface area contributed by atoms with Gasteiger partial charge in [0.15, 0.2) is 0 Å². The summed E-state index contributed by atoms with van der Waals surface area (Å²) in [5, 5.41) is 19.6. The second-order valence-electron chi connectivity index (χ2n) is 7.53. The standard InChI is InChI=1S/C18H31N5O4.CH2O2/c1-2-7-27-15-10-12(17(24)19-11-16-21-18(25)23-22-16)3-4-14(15)20-13-5-8-26-9-6-13;2-1-3/h12-15,20H,2-11H2,1H3,(H,19,24)(H2,21,22,23,25);1H,(H,2,3)/t12-,14+,15+;/m0./s1. The van der Waals surface area contributed by atoms with E-state index >= 15 is 0 Å². The highest BCUT2D eigenvalue weighted by molar-refractivity contribution is 5.78. The first-order valence-electron chi connectivity index (χ1n) is 10.5. The number of carbonyl (C=O) groups is 2. The smallest absolute Gasteiger partial charge is 0.340 e. The Balaban J connectivity index is 0.00000101. The molecule has 1 amide bonds. The van der Waals surface area contributed by atoms with Gasteiger partial charge in [-0.1, -0.05) is 6.92 Å². The molecule has 170 valence electrons. The first-order valence-corrected chi connectivity index (χ1v) is 10.5. The lowest BCUT2D eigenvalue weighted by atomic mass is 9.82. The molecular weight excluding hydrogens is 394 g/mol. The molecule has 1 saturated carbocycles. The maximum absolute atomic E-state index is 12.6. The van der Waals surface area contributed by atoms with E-state index in [0.29, 0.717) is 24.9 Å². The van der Waals surface area contributed by atoms with Crippen molar-refractivity contribution in [2.24, 2.45) is 5.92 Å². The van der Waals surface area contributed by atoms with Crippen LogP contribution >= 0.6 is 0 Å². The van der Waals surface area contributed by atoms with Gasteiger partial charge >= 0.3 is 5.69 Å². The average Bonchev–Trinajstić information content (AvgIpc) is 3.17. The van der Waals surface area contributed by atoms with E-state index in [1.807, 2.05) is 0 Å². The summed E-state index contributed by atoms with van der Waals surface area (Å²) in [5.74, 6) is 0.348. The predicted molar refractivity (Wildman–Crippen MR) is 108 cm³/mol. The van der Waals surface area contributed by atoms with Crippen molar-refractivity contribution in [1.82, 2.24) is 25.8 Å².